The third kappa shape index (κ3) is 1.77. The standard InChI is InChI=1S/C7H11N3O3/c1-4-2-5(8-11)7(10-13)6(3-4)9-12/h4,11-13H,2-3H2,1H3. The molecule has 1 fully saturated rings. The van der Waals surface area contributed by atoms with E-state index in [0.29, 0.717) is 12.8 Å². The van der Waals surface area contributed by atoms with E-state index in [0.717, 1.165) is 0 Å². The van der Waals surface area contributed by atoms with Crippen molar-refractivity contribution in [2.75, 3.05) is 0 Å². The molecule has 0 spiro atoms. The lowest BCUT2D eigenvalue weighted by Gasteiger charge is -2.19. The van der Waals surface area contributed by atoms with E-state index in [9.17, 15) is 0 Å². The van der Waals surface area contributed by atoms with E-state index in [1.54, 1.807) is 0 Å². The third-order valence-electron chi connectivity index (χ3n) is 1.97. The van der Waals surface area contributed by atoms with Gasteiger partial charge < -0.3 is 15.6 Å². The zero-order valence-electron chi connectivity index (χ0n) is 7.17. The summed E-state index contributed by atoms with van der Waals surface area (Å²) in [5, 5.41) is 34.6. The van der Waals surface area contributed by atoms with Crippen LogP contribution >= 0.6 is 0 Å². The topological polar surface area (TPSA) is 97.8 Å². The fourth-order valence-electron chi connectivity index (χ4n) is 1.38. The molecule has 1 aliphatic rings. The molecule has 1 saturated carbocycles. The van der Waals surface area contributed by atoms with Gasteiger partial charge in [0.1, 0.15) is 11.4 Å². The molecule has 0 saturated heterocycles. The zero-order valence-corrected chi connectivity index (χ0v) is 7.17. The van der Waals surface area contributed by atoms with Gasteiger partial charge in [0, 0.05) is 0 Å². The van der Waals surface area contributed by atoms with Gasteiger partial charge in [-0.3, -0.25) is 0 Å². The summed E-state index contributed by atoms with van der Waals surface area (Å²) in [7, 11) is 0. The van der Waals surface area contributed by atoms with Crippen LogP contribution in [0.4, 0.5) is 0 Å². The van der Waals surface area contributed by atoms with Crippen molar-refractivity contribution in [1.82, 2.24) is 0 Å². The molecule has 0 bridgehead atoms. The van der Waals surface area contributed by atoms with Crippen molar-refractivity contribution in [3.8, 4) is 0 Å². The van der Waals surface area contributed by atoms with E-state index in [4.69, 9.17) is 15.6 Å². The van der Waals surface area contributed by atoms with Crippen molar-refractivity contribution in [3.05, 3.63) is 0 Å². The third-order valence-corrected chi connectivity index (χ3v) is 1.97. The zero-order chi connectivity index (χ0) is 9.84. The van der Waals surface area contributed by atoms with Crippen LogP contribution in [0.5, 0.6) is 0 Å². The molecule has 6 nitrogen and oxygen atoms in total. The Balaban J connectivity index is 3.01. The summed E-state index contributed by atoms with van der Waals surface area (Å²) >= 11 is 0. The van der Waals surface area contributed by atoms with Crippen LogP contribution in [0.2, 0.25) is 0 Å². The van der Waals surface area contributed by atoms with Crippen molar-refractivity contribution < 1.29 is 15.6 Å². The molecular weight excluding hydrogens is 174 g/mol. The minimum absolute atomic E-state index is 0.0584. The summed E-state index contributed by atoms with van der Waals surface area (Å²) in [6.45, 7) is 1.92. The Kier molecular flexibility index (Phi) is 2.84. The quantitative estimate of drug-likeness (QED) is 0.386. The molecule has 6 heteroatoms. The predicted octanol–water partition coefficient (Wildman–Crippen LogP) is 0.907. The Morgan fingerprint density at radius 3 is 1.77 bits per heavy atom. The van der Waals surface area contributed by atoms with E-state index in [-0.39, 0.29) is 23.1 Å². The summed E-state index contributed by atoms with van der Waals surface area (Å²) in [5.41, 5.74) is 0.547. The van der Waals surface area contributed by atoms with Gasteiger partial charge in [-0.15, -0.1) is 0 Å². The van der Waals surface area contributed by atoms with Crippen LogP contribution in [0, 0.1) is 5.92 Å². The van der Waals surface area contributed by atoms with Crippen molar-refractivity contribution in [3.63, 3.8) is 0 Å². The monoisotopic (exact) mass is 185 g/mol. The van der Waals surface area contributed by atoms with Gasteiger partial charge in [0.2, 0.25) is 0 Å². The highest BCUT2D eigenvalue weighted by Gasteiger charge is 2.27. The molecule has 0 aromatic rings. The minimum atomic E-state index is 0.0584. The Hall–Kier alpha value is -1.59. The van der Waals surface area contributed by atoms with Crippen molar-refractivity contribution in [2.24, 2.45) is 21.4 Å². The molecule has 0 aromatic carbocycles. The van der Waals surface area contributed by atoms with Gasteiger partial charge in [0.05, 0.1) is 0 Å². The first-order valence-corrected chi connectivity index (χ1v) is 3.87. The second kappa shape index (κ2) is 3.88. The van der Waals surface area contributed by atoms with Crippen LogP contribution in [-0.4, -0.2) is 32.8 Å². The average Bonchev–Trinajstić information content (AvgIpc) is 2.16. The van der Waals surface area contributed by atoms with Gasteiger partial charge in [-0.05, 0) is 18.8 Å². The first-order valence-electron chi connectivity index (χ1n) is 3.87. The van der Waals surface area contributed by atoms with Gasteiger partial charge in [0.25, 0.3) is 0 Å². The molecule has 0 aliphatic heterocycles. The minimum Gasteiger partial charge on any atom is -0.411 e. The van der Waals surface area contributed by atoms with E-state index in [2.05, 4.69) is 15.5 Å². The van der Waals surface area contributed by atoms with Gasteiger partial charge in [-0.2, -0.15) is 0 Å². The molecule has 0 aromatic heterocycles. The molecule has 0 radical (unpaired) electrons. The molecule has 72 valence electrons. The summed E-state index contributed by atoms with van der Waals surface area (Å²) in [5.74, 6) is 0.210. The Bertz CT molecular complexity index is 259. The maximum Gasteiger partial charge on any atom is 0.152 e. The molecule has 0 atom stereocenters. The van der Waals surface area contributed by atoms with E-state index < -0.39 is 0 Å². The van der Waals surface area contributed by atoms with Crippen LogP contribution < -0.4 is 0 Å². The van der Waals surface area contributed by atoms with Crippen LogP contribution in [0.15, 0.2) is 15.5 Å². The lowest BCUT2D eigenvalue weighted by atomic mass is 9.86. The molecule has 3 N–H and O–H groups in total. The highest BCUT2D eigenvalue weighted by Crippen LogP contribution is 2.18. The second-order valence-electron chi connectivity index (χ2n) is 3.06. The average molecular weight is 185 g/mol. The van der Waals surface area contributed by atoms with Gasteiger partial charge >= 0.3 is 0 Å². The van der Waals surface area contributed by atoms with E-state index >= 15 is 0 Å². The van der Waals surface area contributed by atoms with Gasteiger partial charge in [-0.25, -0.2) is 0 Å². The van der Waals surface area contributed by atoms with Crippen LogP contribution in [0.3, 0.4) is 0 Å². The largest absolute Gasteiger partial charge is 0.411 e. The first kappa shape index (κ1) is 9.50. The smallest absolute Gasteiger partial charge is 0.152 e. The Labute approximate surface area is 74.9 Å². The molecule has 1 aliphatic carbocycles. The molecular formula is C7H11N3O3. The van der Waals surface area contributed by atoms with Crippen molar-refractivity contribution in [1.29, 1.82) is 0 Å². The molecule has 0 heterocycles. The molecule has 1 rings (SSSR count). The molecule has 13 heavy (non-hydrogen) atoms. The fraction of sp³-hybridized carbons (Fsp3) is 0.571. The lowest BCUT2D eigenvalue weighted by Crippen LogP contribution is -2.33. The number of hydrogen-bond donors (Lipinski definition) is 3. The fourth-order valence-corrected chi connectivity index (χ4v) is 1.38. The maximum absolute atomic E-state index is 8.58. The Morgan fingerprint density at radius 1 is 1.00 bits per heavy atom. The maximum atomic E-state index is 8.58. The summed E-state index contributed by atoms with van der Waals surface area (Å²) in [4.78, 5) is 0. The van der Waals surface area contributed by atoms with Gasteiger partial charge in [-0.1, -0.05) is 22.4 Å². The molecule has 0 amide bonds. The normalized spacial score (nSPS) is 29.6. The van der Waals surface area contributed by atoms with Crippen LogP contribution in [0.1, 0.15) is 19.8 Å². The lowest BCUT2D eigenvalue weighted by molar-refractivity contribution is 0.307. The van der Waals surface area contributed by atoms with Gasteiger partial charge in [0.15, 0.2) is 5.71 Å². The highest BCUT2D eigenvalue weighted by atomic mass is 16.4. The van der Waals surface area contributed by atoms with Crippen molar-refractivity contribution >= 4 is 17.1 Å². The van der Waals surface area contributed by atoms with Crippen LogP contribution in [-0.2, 0) is 0 Å². The number of hydrogen-bond acceptors (Lipinski definition) is 6. The SMILES string of the molecule is CC1CC(=NO)C(=NO)C(=NO)C1. The summed E-state index contributed by atoms with van der Waals surface area (Å²) in [6, 6.07) is 0. The van der Waals surface area contributed by atoms with E-state index in [1.165, 1.54) is 0 Å². The van der Waals surface area contributed by atoms with Crippen molar-refractivity contribution in [2.45, 2.75) is 19.8 Å². The first-order chi connectivity index (χ1) is 6.22. The second-order valence-corrected chi connectivity index (χ2v) is 3.06. The summed E-state index contributed by atoms with van der Waals surface area (Å²) in [6.07, 6.45) is 1.02. The predicted molar refractivity (Wildman–Crippen MR) is 46.1 cm³/mol. The summed E-state index contributed by atoms with van der Waals surface area (Å²) < 4.78 is 0. The van der Waals surface area contributed by atoms with E-state index in [1.807, 2.05) is 6.92 Å². The highest BCUT2D eigenvalue weighted by molar-refractivity contribution is 6.69. The van der Waals surface area contributed by atoms with Crippen LogP contribution in [0.25, 0.3) is 0 Å². The number of rotatable bonds is 0. The number of nitrogens with zero attached hydrogens (tertiary/aromatic N) is 3. The Morgan fingerprint density at radius 2 is 1.46 bits per heavy atom. The molecule has 0 unspecified atom stereocenters. The number of oxime groups is 3.